The molecule has 0 rings (SSSR count). The molecule has 0 aromatic carbocycles. The molecule has 0 radical (unpaired) electrons. The third-order valence-corrected chi connectivity index (χ3v) is 1.39. The van der Waals surface area contributed by atoms with Crippen molar-refractivity contribution in [3.8, 4) is 0 Å². The van der Waals surface area contributed by atoms with Crippen LogP contribution < -0.4 is 5.32 Å². The molecule has 0 saturated heterocycles. The lowest BCUT2D eigenvalue weighted by Crippen LogP contribution is -2.39. The molecule has 0 aliphatic carbocycles. The quantitative estimate of drug-likeness (QED) is 0.676. The van der Waals surface area contributed by atoms with Gasteiger partial charge in [-0.2, -0.15) is 0 Å². The monoisotopic (exact) mass is 175 g/mol. The van der Waals surface area contributed by atoms with Gasteiger partial charge in [-0.05, 0) is 5.92 Å². The molecule has 0 bridgehead atoms. The molecule has 0 aromatic rings. The molecule has 74 valence electrons. The Hall–Kier alpha value is -0.570. The lowest BCUT2D eigenvalue weighted by atomic mass is 10.1. The second-order valence-electron chi connectivity index (χ2n) is 2.73. The third kappa shape index (κ3) is 7.54. The molecule has 12 heavy (non-hydrogen) atoms. The Kier molecular flexibility index (Phi) is 9.93. The fourth-order valence-electron chi connectivity index (χ4n) is 0.684. The Morgan fingerprint density at radius 2 is 1.83 bits per heavy atom. The highest BCUT2D eigenvalue weighted by molar-refractivity contribution is 5.73. The molecule has 0 saturated carbocycles. The molecule has 0 spiro atoms. The van der Waals surface area contributed by atoms with Crippen LogP contribution in [-0.2, 0) is 4.79 Å². The number of aliphatic hydroxyl groups is 1. The number of carbonyl (C=O) groups is 1. The number of aliphatic hydroxyl groups excluding tert-OH is 1. The number of nitrogens with one attached hydrogen (secondary N) is 1. The maximum atomic E-state index is 10.5. The van der Waals surface area contributed by atoms with Crippen molar-refractivity contribution < 1.29 is 9.90 Å². The molecular formula is C9H21NO2. The summed E-state index contributed by atoms with van der Waals surface area (Å²) in [5.74, 6) is 0.196. The summed E-state index contributed by atoms with van der Waals surface area (Å²) in [6.45, 7) is 9.37. The van der Waals surface area contributed by atoms with E-state index < -0.39 is 0 Å². The molecule has 1 atom stereocenters. The Bertz CT molecular complexity index is 113. The van der Waals surface area contributed by atoms with E-state index in [4.69, 9.17) is 5.11 Å². The smallest absolute Gasteiger partial charge is 0.217 e. The van der Waals surface area contributed by atoms with Crippen molar-refractivity contribution in [2.75, 3.05) is 6.61 Å². The van der Waals surface area contributed by atoms with Crippen LogP contribution in [0.25, 0.3) is 0 Å². The van der Waals surface area contributed by atoms with Crippen LogP contribution in [0.2, 0.25) is 0 Å². The zero-order valence-corrected chi connectivity index (χ0v) is 8.72. The summed E-state index contributed by atoms with van der Waals surface area (Å²) in [6, 6.07) is -0.0995. The van der Waals surface area contributed by atoms with E-state index in [2.05, 4.69) is 5.32 Å². The zero-order chi connectivity index (χ0) is 10.1. The summed E-state index contributed by atoms with van der Waals surface area (Å²) in [7, 11) is 0. The van der Waals surface area contributed by atoms with Gasteiger partial charge in [-0.25, -0.2) is 0 Å². The average Bonchev–Trinajstić information content (AvgIpc) is 2.03. The topological polar surface area (TPSA) is 49.3 Å². The normalized spacial score (nSPS) is 11.6. The van der Waals surface area contributed by atoms with Gasteiger partial charge in [0, 0.05) is 6.92 Å². The van der Waals surface area contributed by atoms with Gasteiger partial charge in [0.25, 0.3) is 0 Å². The van der Waals surface area contributed by atoms with Crippen LogP contribution in [-0.4, -0.2) is 23.7 Å². The first-order valence-electron chi connectivity index (χ1n) is 4.46. The number of hydrogen-bond donors (Lipinski definition) is 2. The Balaban J connectivity index is 0. The summed E-state index contributed by atoms with van der Waals surface area (Å²) in [6.07, 6.45) is 0. The number of carbonyl (C=O) groups excluding carboxylic acids is 1. The minimum atomic E-state index is -0.0995. The van der Waals surface area contributed by atoms with Crippen LogP contribution in [0.5, 0.6) is 0 Å². The van der Waals surface area contributed by atoms with Crippen LogP contribution in [0.4, 0.5) is 0 Å². The van der Waals surface area contributed by atoms with Crippen molar-refractivity contribution in [1.29, 1.82) is 0 Å². The van der Waals surface area contributed by atoms with Crippen molar-refractivity contribution in [3.63, 3.8) is 0 Å². The van der Waals surface area contributed by atoms with E-state index in [1.165, 1.54) is 6.92 Å². The second-order valence-corrected chi connectivity index (χ2v) is 2.73. The summed E-state index contributed by atoms with van der Waals surface area (Å²) >= 11 is 0. The highest BCUT2D eigenvalue weighted by Crippen LogP contribution is 1.99. The molecule has 0 aromatic heterocycles. The minimum Gasteiger partial charge on any atom is -0.394 e. The van der Waals surface area contributed by atoms with Crippen LogP contribution in [0.3, 0.4) is 0 Å². The van der Waals surface area contributed by atoms with Crippen molar-refractivity contribution in [2.24, 2.45) is 5.92 Å². The van der Waals surface area contributed by atoms with E-state index in [0.29, 0.717) is 0 Å². The summed E-state index contributed by atoms with van der Waals surface area (Å²) in [4.78, 5) is 10.5. The number of hydrogen-bond acceptors (Lipinski definition) is 2. The summed E-state index contributed by atoms with van der Waals surface area (Å²) in [5.41, 5.74) is 0. The van der Waals surface area contributed by atoms with E-state index in [1.54, 1.807) is 0 Å². The van der Waals surface area contributed by atoms with Gasteiger partial charge < -0.3 is 10.4 Å². The molecule has 2 N–H and O–H groups in total. The van der Waals surface area contributed by atoms with Gasteiger partial charge in [-0.1, -0.05) is 27.7 Å². The SMILES string of the molecule is CC.CC(=O)NC(CO)C(C)C. The first kappa shape index (κ1) is 14.0. The zero-order valence-electron chi connectivity index (χ0n) is 8.72. The maximum Gasteiger partial charge on any atom is 0.217 e. The van der Waals surface area contributed by atoms with Gasteiger partial charge in [-0.15, -0.1) is 0 Å². The van der Waals surface area contributed by atoms with E-state index in [0.717, 1.165) is 0 Å². The predicted octanol–water partition coefficient (Wildman–Crippen LogP) is 1.17. The third-order valence-electron chi connectivity index (χ3n) is 1.39. The Labute approximate surface area is 75.2 Å². The van der Waals surface area contributed by atoms with E-state index >= 15 is 0 Å². The summed E-state index contributed by atoms with van der Waals surface area (Å²) in [5, 5.41) is 11.4. The number of rotatable bonds is 3. The molecule has 1 unspecified atom stereocenters. The van der Waals surface area contributed by atoms with Gasteiger partial charge in [0.15, 0.2) is 0 Å². The van der Waals surface area contributed by atoms with Crippen molar-refractivity contribution in [1.82, 2.24) is 5.32 Å². The molecule has 0 aliphatic rings. The number of amides is 1. The molecule has 0 fully saturated rings. The molecule has 0 heterocycles. The fraction of sp³-hybridized carbons (Fsp3) is 0.889. The maximum absolute atomic E-state index is 10.5. The second kappa shape index (κ2) is 8.53. The van der Waals surface area contributed by atoms with Gasteiger partial charge in [0.2, 0.25) is 5.91 Å². The molecular weight excluding hydrogens is 154 g/mol. The van der Waals surface area contributed by atoms with Gasteiger partial charge in [0.05, 0.1) is 12.6 Å². The van der Waals surface area contributed by atoms with E-state index in [1.807, 2.05) is 27.7 Å². The standard InChI is InChI=1S/C7H15NO2.C2H6/c1-5(2)7(4-9)8-6(3)10;1-2/h5,7,9H,4H2,1-3H3,(H,8,10);1-2H3. The first-order valence-corrected chi connectivity index (χ1v) is 4.46. The highest BCUT2D eigenvalue weighted by Gasteiger charge is 2.11. The van der Waals surface area contributed by atoms with E-state index in [9.17, 15) is 4.79 Å². The predicted molar refractivity (Wildman–Crippen MR) is 50.9 cm³/mol. The summed E-state index contributed by atoms with van der Waals surface area (Å²) < 4.78 is 0. The lowest BCUT2D eigenvalue weighted by molar-refractivity contribution is -0.120. The first-order chi connectivity index (χ1) is 5.57. The minimum absolute atomic E-state index is 0.0112. The highest BCUT2D eigenvalue weighted by atomic mass is 16.3. The van der Waals surface area contributed by atoms with Gasteiger partial charge in [-0.3, -0.25) is 4.79 Å². The fourth-order valence-corrected chi connectivity index (χ4v) is 0.684. The Morgan fingerprint density at radius 1 is 1.42 bits per heavy atom. The van der Waals surface area contributed by atoms with Crippen LogP contribution >= 0.6 is 0 Å². The van der Waals surface area contributed by atoms with Gasteiger partial charge in [0.1, 0.15) is 0 Å². The lowest BCUT2D eigenvalue weighted by Gasteiger charge is -2.18. The van der Waals surface area contributed by atoms with Crippen LogP contribution in [0, 0.1) is 5.92 Å². The van der Waals surface area contributed by atoms with Crippen molar-refractivity contribution in [2.45, 2.75) is 40.7 Å². The van der Waals surface area contributed by atoms with Crippen molar-refractivity contribution >= 4 is 5.91 Å². The molecule has 1 amide bonds. The molecule has 3 nitrogen and oxygen atoms in total. The van der Waals surface area contributed by atoms with Crippen LogP contribution in [0.15, 0.2) is 0 Å². The van der Waals surface area contributed by atoms with Gasteiger partial charge >= 0.3 is 0 Å². The van der Waals surface area contributed by atoms with Crippen molar-refractivity contribution in [3.05, 3.63) is 0 Å². The average molecular weight is 175 g/mol. The van der Waals surface area contributed by atoms with Crippen LogP contribution in [0.1, 0.15) is 34.6 Å². The molecule has 3 heteroatoms. The molecule has 0 aliphatic heterocycles. The van der Waals surface area contributed by atoms with E-state index in [-0.39, 0.29) is 24.5 Å². The Morgan fingerprint density at radius 3 is 1.92 bits per heavy atom. The largest absolute Gasteiger partial charge is 0.394 e.